The number of hydrogen-bond acceptors (Lipinski definition) is 4. The topological polar surface area (TPSA) is 64.0 Å². The van der Waals surface area contributed by atoms with Gasteiger partial charge in [0.15, 0.2) is 5.16 Å². The summed E-state index contributed by atoms with van der Waals surface area (Å²) in [6.45, 7) is 5.67. The van der Waals surface area contributed by atoms with Crippen LogP contribution in [0.15, 0.2) is 34.2 Å². The quantitative estimate of drug-likeness (QED) is 0.695. The molecule has 0 saturated carbocycles. The van der Waals surface area contributed by atoms with E-state index in [0.717, 1.165) is 16.8 Å². The third kappa shape index (κ3) is 3.98. The van der Waals surface area contributed by atoms with E-state index in [1.807, 2.05) is 38.3 Å². The molecule has 1 N–H and O–H groups in total. The molecule has 0 aliphatic carbocycles. The number of amides is 1. The number of carbonyl (C=O) groups excluding carboxylic acids is 1. The standard InChI is InChI=1S/C16H19N3O2S/c1-10-5-11(2)7-13(6-10)18-14(20)9-19-15(21)8-12(3)17-16(19)22-4/h5-8H,9H2,1-4H3,(H,18,20). The molecule has 0 saturated heterocycles. The number of carbonyl (C=O) groups is 1. The summed E-state index contributed by atoms with van der Waals surface area (Å²) in [5.74, 6) is -0.243. The minimum absolute atomic E-state index is 0.0464. The predicted octanol–water partition coefficient (Wildman–Crippen LogP) is 2.53. The molecule has 22 heavy (non-hydrogen) atoms. The van der Waals surface area contributed by atoms with Crippen LogP contribution < -0.4 is 10.9 Å². The SMILES string of the molecule is CSc1nc(C)cc(=O)n1CC(=O)Nc1cc(C)cc(C)c1. The van der Waals surface area contributed by atoms with E-state index >= 15 is 0 Å². The summed E-state index contributed by atoms with van der Waals surface area (Å²) in [5, 5.41) is 3.37. The maximum absolute atomic E-state index is 12.2. The van der Waals surface area contributed by atoms with Gasteiger partial charge >= 0.3 is 0 Å². The maximum atomic E-state index is 12.2. The van der Waals surface area contributed by atoms with Crippen molar-refractivity contribution in [2.45, 2.75) is 32.5 Å². The van der Waals surface area contributed by atoms with Crippen molar-refractivity contribution in [2.24, 2.45) is 0 Å². The zero-order chi connectivity index (χ0) is 16.3. The first-order valence-electron chi connectivity index (χ1n) is 6.89. The number of anilines is 1. The van der Waals surface area contributed by atoms with E-state index in [1.54, 1.807) is 6.92 Å². The minimum Gasteiger partial charge on any atom is -0.325 e. The smallest absolute Gasteiger partial charge is 0.254 e. The second kappa shape index (κ2) is 6.79. The van der Waals surface area contributed by atoms with Gasteiger partial charge in [0.05, 0.1) is 0 Å². The van der Waals surface area contributed by atoms with E-state index < -0.39 is 0 Å². The molecule has 0 aliphatic heterocycles. The number of nitrogens with one attached hydrogen (secondary N) is 1. The Balaban J connectivity index is 2.21. The van der Waals surface area contributed by atoms with Crippen LogP contribution in [-0.4, -0.2) is 21.7 Å². The molecule has 0 bridgehead atoms. The summed E-state index contributed by atoms with van der Waals surface area (Å²) in [6.07, 6.45) is 1.83. The summed E-state index contributed by atoms with van der Waals surface area (Å²) in [4.78, 5) is 28.5. The van der Waals surface area contributed by atoms with E-state index in [-0.39, 0.29) is 18.0 Å². The Morgan fingerprint density at radius 3 is 2.41 bits per heavy atom. The fraction of sp³-hybridized carbons (Fsp3) is 0.312. The summed E-state index contributed by atoms with van der Waals surface area (Å²) >= 11 is 1.35. The Kier molecular flexibility index (Phi) is 5.03. The molecule has 0 atom stereocenters. The fourth-order valence-corrected chi connectivity index (χ4v) is 2.90. The molecular formula is C16H19N3O2S. The normalized spacial score (nSPS) is 10.5. The van der Waals surface area contributed by atoms with Crippen molar-refractivity contribution < 1.29 is 4.79 Å². The second-order valence-corrected chi connectivity index (χ2v) is 6.01. The predicted molar refractivity (Wildman–Crippen MR) is 89.6 cm³/mol. The number of rotatable bonds is 4. The third-order valence-electron chi connectivity index (χ3n) is 3.09. The largest absolute Gasteiger partial charge is 0.325 e. The molecular weight excluding hydrogens is 298 g/mol. The Labute approximate surface area is 133 Å². The first kappa shape index (κ1) is 16.3. The molecule has 1 aromatic carbocycles. The first-order chi connectivity index (χ1) is 10.4. The van der Waals surface area contributed by atoms with Crippen LogP contribution in [0.1, 0.15) is 16.8 Å². The minimum atomic E-state index is -0.243. The van der Waals surface area contributed by atoms with E-state index in [9.17, 15) is 9.59 Å². The van der Waals surface area contributed by atoms with Gasteiger partial charge in [-0.1, -0.05) is 17.8 Å². The van der Waals surface area contributed by atoms with Gasteiger partial charge in [0.25, 0.3) is 5.56 Å². The number of nitrogens with zero attached hydrogens (tertiary/aromatic N) is 2. The van der Waals surface area contributed by atoms with Gasteiger partial charge in [0, 0.05) is 17.4 Å². The fourth-order valence-electron chi connectivity index (χ4n) is 2.29. The zero-order valence-corrected chi connectivity index (χ0v) is 14.0. The van der Waals surface area contributed by atoms with Crippen molar-refractivity contribution in [3.05, 3.63) is 51.4 Å². The third-order valence-corrected chi connectivity index (χ3v) is 3.77. The van der Waals surface area contributed by atoms with Gasteiger partial charge < -0.3 is 5.32 Å². The van der Waals surface area contributed by atoms with Crippen LogP contribution in [0.2, 0.25) is 0 Å². The molecule has 1 aromatic heterocycles. The van der Waals surface area contributed by atoms with Gasteiger partial charge in [-0.15, -0.1) is 0 Å². The molecule has 0 aliphatic rings. The lowest BCUT2D eigenvalue weighted by Crippen LogP contribution is -2.29. The molecule has 2 aromatic rings. The van der Waals surface area contributed by atoms with Crippen LogP contribution in [0.3, 0.4) is 0 Å². The summed E-state index contributed by atoms with van der Waals surface area (Å²) in [6, 6.07) is 7.27. The lowest BCUT2D eigenvalue weighted by atomic mass is 10.1. The van der Waals surface area contributed by atoms with E-state index in [1.165, 1.54) is 22.4 Å². The summed E-state index contributed by atoms with van der Waals surface area (Å²) in [5.41, 5.74) is 3.33. The van der Waals surface area contributed by atoms with Crippen molar-refractivity contribution in [1.29, 1.82) is 0 Å². The van der Waals surface area contributed by atoms with Crippen LogP contribution >= 0.6 is 11.8 Å². The highest BCUT2D eigenvalue weighted by atomic mass is 32.2. The van der Waals surface area contributed by atoms with Crippen LogP contribution in [0.5, 0.6) is 0 Å². The lowest BCUT2D eigenvalue weighted by molar-refractivity contribution is -0.116. The van der Waals surface area contributed by atoms with Crippen LogP contribution in [-0.2, 0) is 11.3 Å². The highest BCUT2D eigenvalue weighted by molar-refractivity contribution is 7.98. The van der Waals surface area contributed by atoms with E-state index in [4.69, 9.17) is 0 Å². The molecule has 0 unspecified atom stereocenters. The van der Waals surface area contributed by atoms with E-state index in [2.05, 4.69) is 10.3 Å². The van der Waals surface area contributed by atoms with Gasteiger partial charge in [-0.05, 0) is 50.3 Å². The van der Waals surface area contributed by atoms with Gasteiger partial charge in [-0.2, -0.15) is 0 Å². The average molecular weight is 317 g/mol. The number of aromatic nitrogens is 2. The molecule has 1 amide bonds. The summed E-state index contributed by atoms with van der Waals surface area (Å²) < 4.78 is 1.38. The molecule has 5 nitrogen and oxygen atoms in total. The van der Waals surface area contributed by atoms with E-state index in [0.29, 0.717) is 10.9 Å². The number of benzene rings is 1. The van der Waals surface area contributed by atoms with Crippen LogP contribution in [0.4, 0.5) is 5.69 Å². The maximum Gasteiger partial charge on any atom is 0.254 e. The molecule has 0 spiro atoms. The van der Waals surface area contributed by atoms with Gasteiger partial charge in [-0.3, -0.25) is 14.2 Å². The van der Waals surface area contributed by atoms with Crippen LogP contribution in [0, 0.1) is 20.8 Å². The summed E-state index contributed by atoms with van der Waals surface area (Å²) in [7, 11) is 0. The second-order valence-electron chi connectivity index (χ2n) is 5.23. The van der Waals surface area contributed by atoms with Gasteiger partial charge in [0.1, 0.15) is 6.54 Å². The Hall–Kier alpha value is -2.08. The molecule has 2 rings (SSSR count). The number of aryl methyl sites for hydroxylation is 3. The monoisotopic (exact) mass is 317 g/mol. The highest BCUT2D eigenvalue weighted by Crippen LogP contribution is 2.14. The molecule has 0 radical (unpaired) electrons. The van der Waals surface area contributed by atoms with Crippen LogP contribution in [0.25, 0.3) is 0 Å². The number of thioether (sulfide) groups is 1. The Morgan fingerprint density at radius 1 is 1.18 bits per heavy atom. The van der Waals surface area contributed by atoms with Crippen molar-refractivity contribution >= 4 is 23.4 Å². The Bertz CT molecular complexity index is 748. The lowest BCUT2D eigenvalue weighted by Gasteiger charge is -2.12. The molecule has 116 valence electrons. The van der Waals surface area contributed by atoms with Gasteiger partial charge in [0.2, 0.25) is 5.91 Å². The van der Waals surface area contributed by atoms with Gasteiger partial charge in [-0.25, -0.2) is 4.98 Å². The van der Waals surface area contributed by atoms with Crippen molar-refractivity contribution in [2.75, 3.05) is 11.6 Å². The molecule has 0 fully saturated rings. The zero-order valence-electron chi connectivity index (χ0n) is 13.1. The molecule has 1 heterocycles. The average Bonchev–Trinajstić information content (AvgIpc) is 2.40. The highest BCUT2D eigenvalue weighted by Gasteiger charge is 2.11. The first-order valence-corrected chi connectivity index (χ1v) is 8.12. The van der Waals surface area contributed by atoms with Crippen molar-refractivity contribution in [1.82, 2.24) is 9.55 Å². The number of hydrogen-bond donors (Lipinski definition) is 1. The Morgan fingerprint density at radius 2 is 1.82 bits per heavy atom. The van der Waals surface area contributed by atoms with Crippen molar-refractivity contribution in [3.8, 4) is 0 Å². The van der Waals surface area contributed by atoms with Crippen molar-refractivity contribution in [3.63, 3.8) is 0 Å². The molecule has 6 heteroatoms.